The van der Waals surface area contributed by atoms with Crippen LogP contribution in [0.4, 0.5) is 0 Å². The minimum atomic E-state index is 0.313. The molecule has 1 heterocycles. The van der Waals surface area contributed by atoms with Crippen molar-refractivity contribution in [2.45, 2.75) is 6.10 Å². The van der Waals surface area contributed by atoms with Gasteiger partial charge in [0.05, 0.1) is 11.6 Å². The third-order valence-corrected chi connectivity index (χ3v) is 2.32. The van der Waals surface area contributed by atoms with Gasteiger partial charge in [-0.05, 0) is 31.3 Å². The number of nitrogens with zero attached hydrogens (tertiary/aromatic N) is 2. The highest BCUT2D eigenvalue weighted by atomic mass is 16.5. The first-order chi connectivity index (χ1) is 6.78. The van der Waals surface area contributed by atoms with Gasteiger partial charge in [-0.3, -0.25) is 4.90 Å². The molecule has 72 valence electrons. The molecule has 0 aromatic heterocycles. The van der Waals surface area contributed by atoms with E-state index in [9.17, 15) is 0 Å². The fraction of sp³-hybridized carbons (Fsp3) is 0.364. The van der Waals surface area contributed by atoms with Crippen LogP contribution in [-0.2, 0) is 0 Å². The second-order valence-electron chi connectivity index (χ2n) is 3.60. The van der Waals surface area contributed by atoms with E-state index in [4.69, 9.17) is 10.00 Å². The SMILES string of the molecule is CN1CC(Oc2ccc(C#N)cc2)C1. The maximum Gasteiger partial charge on any atom is 0.124 e. The average Bonchev–Trinajstić information content (AvgIpc) is 2.17. The zero-order valence-corrected chi connectivity index (χ0v) is 8.10. The van der Waals surface area contributed by atoms with E-state index in [1.165, 1.54) is 0 Å². The van der Waals surface area contributed by atoms with Crippen LogP contribution in [0.1, 0.15) is 5.56 Å². The standard InChI is InChI=1S/C11H12N2O/c1-13-7-11(8-13)14-10-4-2-9(6-12)3-5-10/h2-5,11H,7-8H2,1H3. The predicted molar refractivity (Wildman–Crippen MR) is 53.1 cm³/mol. The van der Waals surface area contributed by atoms with Crippen LogP contribution < -0.4 is 4.74 Å². The number of hydrogen-bond donors (Lipinski definition) is 0. The van der Waals surface area contributed by atoms with Gasteiger partial charge in [-0.2, -0.15) is 5.26 Å². The summed E-state index contributed by atoms with van der Waals surface area (Å²) in [6.07, 6.45) is 0.313. The lowest BCUT2D eigenvalue weighted by Gasteiger charge is -2.35. The zero-order valence-electron chi connectivity index (χ0n) is 8.10. The Morgan fingerprint density at radius 1 is 1.36 bits per heavy atom. The van der Waals surface area contributed by atoms with Crippen molar-refractivity contribution >= 4 is 0 Å². The van der Waals surface area contributed by atoms with Crippen LogP contribution in [0.5, 0.6) is 5.75 Å². The number of likely N-dealkylation sites (N-methyl/N-ethyl adjacent to an activating group) is 1. The van der Waals surface area contributed by atoms with E-state index in [0.717, 1.165) is 18.8 Å². The first-order valence-electron chi connectivity index (χ1n) is 4.63. The molecule has 0 N–H and O–H groups in total. The molecule has 14 heavy (non-hydrogen) atoms. The van der Waals surface area contributed by atoms with E-state index in [-0.39, 0.29) is 0 Å². The summed E-state index contributed by atoms with van der Waals surface area (Å²) in [5.41, 5.74) is 0.670. The van der Waals surface area contributed by atoms with Crippen LogP contribution in [-0.4, -0.2) is 31.1 Å². The lowest BCUT2D eigenvalue weighted by Crippen LogP contribution is -2.51. The third-order valence-electron chi connectivity index (χ3n) is 2.32. The average molecular weight is 188 g/mol. The zero-order chi connectivity index (χ0) is 9.97. The van der Waals surface area contributed by atoms with Gasteiger partial charge in [-0.15, -0.1) is 0 Å². The van der Waals surface area contributed by atoms with Gasteiger partial charge in [-0.25, -0.2) is 0 Å². The summed E-state index contributed by atoms with van der Waals surface area (Å²) < 4.78 is 5.67. The number of benzene rings is 1. The van der Waals surface area contributed by atoms with Crippen molar-refractivity contribution in [2.24, 2.45) is 0 Å². The van der Waals surface area contributed by atoms with Gasteiger partial charge in [-0.1, -0.05) is 0 Å². The quantitative estimate of drug-likeness (QED) is 0.700. The topological polar surface area (TPSA) is 36.3 Å². The largest absolute Gasteiger partial charge is 0.488 e. The molecule has 1 aromatic rings. The Bertz CT molecular complexity index is 347. The molecular weight excluding hydrogens is 176 g/mol. The molecule has 1 aromatic carbocycles. The van der Waals surface area contributed by atoms with Gasteiger partial charge in [0.2, 0.25) is 0 Å². The van der Waals surface area contributed by atoms with Crippen molar-refractivity contribution in [1.29, 1.82) is 5.26 Å². The minimum absolute atomic E-state index is 0.313. The van der Waals surface area contributed by atoms with E-state index in [2.05, 4.69) is 18.0 Å². The molecule has 3 heteroatoms. The summed E-state index contributed by atoms with van der Waals surface area (Å²) in [4.78, 5) is 2.20. The Balaban J connectivity index is 1.94. The molecule has 2 rings (SSSR count). The summed E-state index contributed by atoms with van der Waals surface area (Å²) in [7, 11) is 2.07. The van der Waals surface area contributed by atoms with E-state index < -0.39 is 0 Å². The van der Waals surface area contributed by atoms with Crippen molar-refractivity contribution < 1.29 is 4.74 Å². The Hall–Kier alpha value is -1.53. The Labute approximate surface area is 83.5 Å². The van der Waals surface area contributed by atoms with Crippen LogP contribution in [0, 0.1) is 11.3 Å². The number of ether oxygens (including phenoxy) is 1. The lowest BCUT2D eigenvalue weighted by molar-refractivity contribution is 0.0388. The molecule has 0 unspecified atom stereocenters. The Kier molecular flexibility index (Phi) is 2.38. The maximum atomic E-state index is 8.60. The smallest absolute Gasteiger partial charge is 0.124 e. The molecule has 1 saturated heterocycles. The molecule has 0 atom stereocenters. The number of rotatable bonds is 2. The van der Waals surface area contributed by atoms with Crippen molar-refractivity contribution in [3.8, 4) is 11.8 Å². The number of likely N-dealkylation sites (tertiary alicyclic amines) is 1. The first-order valence-corrected chi connectivity index (χ1v) is 4.63. The van der Waals surface area contributed by atoms with Crippen molar-refractivity contribution in [3.05, 3.63) is 29.8 Å². The molecule has 0 aliphatic carbocycles. The Morgan fingerprint density at radius 2 is 2.00 bits per heavy atom. The Morgan fingerprint density at radius 3 is 2.50 bits per heavy atom. The molecule has 0 saturated carbocycles. The minimum Gasteiger partial charge on any atom is -0.488 e. The lowest BCUT2D eigenvalue weighted by atomic mass is 10.2. The van der Waals surface area contributed by atoms with Crippen LogP contribution in [0.2, 0.25) is 0 Å². The van der Waals surface area contributed by atoms with Crippen molar-refractivity contribution in [2.75, 3.05) is 20.1 Å². The number of hydrogen-bond acceptors (Lipinski definition) is 3. The monoisotopic (exact) mass is 188 g/mol. The van der Waals surface area contributed by atoms with Gasteiger partial charge in [0.25, 0.3) is 0 Å². The predicted octanol–water partition coefficient (Wildman–Crippen LogP) is 1.25. The van der Waals surface area contributed by atoms with Gasteiger partial charge in [0, 0.05) is 13.1 Å². The highest BCUT2D eigenvalue weighted by molar-refractivity contribution is 5.34. The van der Waals surface area contributed by atoms with Crippen molar-refractivity contribution in [1.82, 2.24) is 4.90 Å². The molecule has 1 aliphatic rings. The first kappa shape index (κ1) is 9.04. The summed E-state index contributed by atoms with van der Waals surface area (Å²) in [6.45, 7) is 1.97. The normalized spacial score (nSPS) is 17.1. The third kappa shape index (κ3) is 1.86. The summed E-state index contributed by atoms with van der Waals surface area (Å²) >= 11 is 0. The van der Waals surface area contributed by atoms with Gasteiger partial charge >= 0.3 is 0 Å². The van der Waals surface area contributed by atoms with Crippen molar-refractivity contribution in [3.63, 3.8) is 0 Å². The molecule has 0 spiro atoms. The van der Waals surface area contributed by atoms with Crippen LogP contribution in [0.25, 0.3) is 0 Å². The molecule has 1 aliphatic heterocycles. The molecule has 0 amide bonds. The maximum absolute atomic E-state index is 8.60. The highest BCUT2D eigenvalue weighted by Gasteiger charge is 2.24. The molecule has 3 nitrogen and oxygen atoms in total. The van der Waals surface area contributed by atoms with Crippen LogP contribution >= 0.6 is 0 Å². The van der Waals surface area contributed by atoms with Gasteiger partial charge in [0.1, 0.15) is 11.9 Å². The second-order valence-corrected chi connectivity index (χ2v) is 3.60. The van der Waals surface area contributed by atoms with Gasteiger partial charge in [0.15, 0.2) is 0 Å². The summed E-state index contributed by atoms with van der Waals surface area (Å²) in [5.74, 6) is 0.849. The highest BCUT2D eigenvalue weighted by Crippen LogP contribution is 2.17. The van der Waals surface area contributed by atoms with Crippen LogP contribution in [0.3, 0.4) is 0 Å². The van der Waals surface area contributed by atoms with Gasteiger partial charge < -0.3 is 4.74 Å². The fourth-order valence-corrected chi connectivity index (χ4v) is 1.52. The van der Waals surface area contributed by atoms with E-state index >= 15 is 0 Å². The summed E-state index contributed by atoms with van der Waals surface area (Å²) in [6, 6.07) is 9.32. The second kappa shape index (κ2) is 3.69. The molecule has 0 bridgehead atoms. The van der Waals surface area contributed by atoms with Crippen LogP contribution in [0.15, 0.2) is 24.3 Å². The molecule has 0 radical (unpaired) electrons. The number of nitriles is 1. The van der Waals surface area contributed by atoms with E-state index in [0.29, 0.717) is 11.7 Å². The summed E-state index contributed by atoms with van der Waals surface area (Å²) in [5, 5.41) is 8.60. The fourth-order valence-electron chi connectivity index (χ4n) is 1.52. The molecule has 1 fully saturated rings. The van der Waals surface area contributed by atoms with E-state index in [1.807, 2.05) is 12.1 Å². The van der Waals surface area contributed by atoms with E-state index in [1.54, 1.807) is 12.1 Å². The molecular formula is C11H12N2O.